The van der Waals surface area contributed by atoms with E-state index >= 15 is 0 Å². The van der Waals surface area contributed by atoms with E-state index in [9.17, 15) is 4.79 Å². The van der Waals surface area contributed by atoms with E-state index in [2.05, 4.69) is 19.2 Å². The molecule has 0 spiro atoms. The molecule has 1 amide bonds. The van der Waals surface area contributed by atoms with E-state index < -0.39 is 0 Å². The molecule has 0 radical (unpaired) electrons. The summed E-state index contributed by atoms with van der Waals surface area (Å²) in [6, 6.07) is 0.208. The number of unbranched alkanes of at least 4 members (excludes halogenated alkanes) is 3. The maximum atomic E-state index is 11.9. The largest absolute Gasteiger partial charge is 0.356 e. The number of hydrogen-bond donors (Lipinski definition) is 2. The summed E-state index contributed by atoms with van der Waals surface area (Å²) in [5.41, 5.74) is 6.02. The molecule has 3 atom stereocenters. The normalized spacial score (nSPS) is 29.0. The monoisotopic (exact) mass is 240 g/mol. The number of rotatable bonds is 6. The fourth-order valence-corrected chi connectivity index (χ4v) is 2.50. The molecule has 0 aromatic carbocycles. The molecule has 0 bridgehead atoms. The van der Waals surface area contributed by atoms with E-state index in [4.69, 9.17) is 5.73 Å². The van der Waals surface area contributed by atoms with Crippen LogP contribution in [-0.2, 0) is 4.79 Å². The van der Waals surface area contributed by atoms with Gasteiger partial charge in [-0.05, 0) is 31.6 Å². The van der Waals surface area contributed by atoms with Gasteiger partial charge < -0.3 is 11.1 Å². The van der Waals surface area contributed by atoms with E-state index in [1.165, 1.54) is 19.3 Å². The predicted molar refractivity (Wildman–Crippen MR) is 71.6 cm³/mol. The van der Waals surface area contributed by atoms with Gasteiger partial charge in [-0.25, -0.2) is 0 Å². The summed E-state index contributed by atoms with van der Waals surface area (Å²) >= 11 is 0. The molecule has 1 aliphatic carbocycles. The van der Waals surface area contributed by atoms with Crippen LogP contribution in [0.1, 0.15) is 58.8 Å². The molecule has 3 N–H and O–H groups in total. The average molecular weight is 240 g/mol. The lowest BCUT2D eigenvalue weighted by molar-refractivity contribution is -0.126. The van der Waals surface area contributed by atoms with Crippen molar-refractivity contribution in [1.29, 1.82) is 0 Å². The van der Waals surface area contributed by atoms with Crippen LogP contribution in [0.5, 0.6) is 0 Å². The Morgan fingerprint density at radius 3 is 2.71 bits per heavy atom. The summed E-state index contributed by atoms with van der Waals surface area (Å²) < 4.78 is 0. The highest BCUT2D eigenvalue weighted by Crippen LogP contribution is 2.27. The summed E-state index contributed by atoms with van der Waals surface area (Å²) in [7, 11) is 0. The van der Waals surface area contributed by atoms with Crippen molar-refractivity contribution in [3.63, 3.8) is 0 Å². The maximum absolute atomic E-state index is 11.9. The van der Waals surface area contributed by atoms with Crippen LogP contribution in [-0.4, -0.2) is 18.5 Å². The van der Waals surface area contributed by atoms with Gasteiger partial charge in [0.05, 0.1) is 0 Å². The number of carbonyl (C=O) groups excluding carboxylic acids is 1. The molecule has 0 heterocycles. The van der Waals surface area contributed by atoms with Gasteiger partial charge in [0.1, 0.15) is 0 Å². The van der Waals surface area contributed by atoms with E-state index in [1.54, 1.807) is 0 Å². The van der Waals surface area contributed by atoms with Crippen molar-refractivity contribution in [2.45, 2.75) is 64.8 Å². The summed E-state index contributed by atoms with van der Waals surface area (Å²) in [5, 5.41) is 3.05. The SMILES string of the molecule is CCCCCCNC(=O)C1CCC(C)C(N)C1. The number of carbonyl (C=O) groups is 1. The number of hydrogen-bond acceptors (Lipinski definition) is 2. The van der Waals surface area contributed by atoms with Gasteiger partial charge in [-0.15, -0.1) is 0 Å². The van der Waals surface area contributed by atoms with E-state index in [0.717, 1.165) is 32.2 Å². The van der Waals surface area contributed by atoms with Crippen LogP contribution in [0.4, 0.5) is 0 Å². The fraction of sp³-hybridized carbons (Fsp3) is 0.929. The first-order valence-electron chi connectivity index (χ1n) is 7.18. The van der Waals surface area contributed by atoms with Gasteiger partial charge in [-0.1, -0.05) is 33.1 Å². The third-order valence-electron chi connectivity index (χ3n) is 3.96. The highest BCUT2D eigenvalue weighted by molar-refractivity contribution is 5.78. The molecule has 3 heteroatoms. The first-order valence-corrected chi connectivity index (χ1v) is 7.18. The topological polar surface area (TPSA) is 55.1 Å². The quantitative estimate of drug-likeness (QED) is 0.701. The Balaban J connectivity index is 2.15. The Hall–Kier alpha value is -0.570. The molecule has 0 aromatic rings. The summed E-state index contributed by atoms with van der Waals surface area (Å²) in [4.78, 5) is 11.9. The average Bonchev–Trinajstić information content (AvgIpc) is 2.32. The van der Waals surface area contributed by atoms with Crippen LogP contribution in [0.15, 0.2) is 0 Å². The lowest BCUT2D eigenvalue weighted by atomic mass is 9.79. The van der Waals surface area contributed by atoms with Gasteiger partial charge in [0, 0.05) is 18.5 Å². The lowest BCUT2D eigenvalue weighted by Gasteiger charge is -2.31. The van der Waals surface area contributed by atoms with Crippen LogP contribution in [0, 0.1) is 11.8 Å². The molecule has 0 aliphatic heterocycles. The van der Waals surface area contributed by atoms with Gasteiger partial charge >= 0.3 is 0 Å². The second-order valence-corrected chi connectivity index (χ2v) is 5.50. The number of nitrogens with two attached hydrogens (primary N) is 1. The van der Waals surface area contributed by atoms with Gasteiger partial charge in [-0.2, -0.15) is 0 Å². The van der Waals surface area contributed by atoms with Crippen LogP contribution in [0.2, 0.25) is 0 Å². The molecule has 100 valence electrons. The molecular weight excluding hydrogens is 212 g/mol. The minimum absolute atomic E-state index is 0.160. The van der Waals surface area contributed by atoms with Crippen LogP contribution in [0.3, 0.4) is 0 Å². The van der Waals surface area contributed by atoms with Crippen LogP contribution in [0.25, 0.3) is 0 Å². The Labute approximate surface area is 106 Å². The first-order chi connectivity index (χ1) is 8.15. The second kappa shape index (κ2) is 7.70. The minimum Gasteiger partial charge on any atom is -0.356 e. The highest BCUT2D eigenvalue weighted by Gasteiger charge is 2.29. The molecule has 1 aliphatic rings. The van der Waals surface area contributed by atoms with Crippen molar-refractivity contribution < 1.29 is 4.79 Å². The van der Waals surface area contributed by atoms with E-state index in [0.29, 0.717) is 5.92 Å². The molecule has 0 aromatic heterocycles. The lowest BCUT2D eigenvalue weighted by Crippen LogP contribution is -2.41. The van der Waals surface area contributed by atoms with E-state index in [-0.39, 0.29) is 17.9 Å². The van der Waals surface area contributed by atoms with Crippen LogP contribution >= 0.6 is 0 Å². The molecule has 1 fully saturated rings. The zero-order chi connectivity index (χ0) is 12.7. The summed E-state index contributed by atoms with van der Waals surface area (Å²) in [5.74, 6) is 0.958. The van der Waals surface area contributed by atoms with Crippen molar-refractivity contribution in [3.05, 3.63) is 0 Å². The Bertz CT molecular complexity index is 230. The van der Waals surface area contributed by atoms with Crippen molar-refractivity contribution in [2.75, 3.05) is 6.54 Å². The zero-order valence-electron chi connectivity index (χ0n) is 11.4. The maximum Gasteiger partial charge on any atom is 0.223 e. The molecule has 17 heavy (non-hydrogen) atoms. The van der Waals surface area contributed by atoms with Gasteiger partial charge in [0.2, 0.25) is 5.91 Å². The van der Waals surface area contributed by atoms with Crippen molar-refractivity contribution >= 4 is 5.91 Å². The summed E-state index contributed by atoms with van der Waals surface area (Å²) in [6.07, 6.45) is 7.80. The Kier molecular flexibility index (Phi) is 6.56. The highest BCUT2D eigenvalue weighted by atomic mass is 16.1. The Morgan fingerprint density at radius 2 is 2.06 bits per heavy atom. The van der Waals surface area contributed by atoms with Gasteiger partial charge in [-0.3, -0.25) is 4.79 Å². The minimum atomic E-state index is 0.160. The predicted octanol–water partition coefficient (Wildman–Crippen LogP) is 2.45. The molecule has 3 unspecified atom stereocenters. The molecule has 0 saturated heterocycles. The second-order valence-electron chi connectivity index (χ2n) is 5.50. The van der Waals surface area contributed by atoms with Crippen LogP contribution < -0.4 is 11.1 Å². The Morgan fingerprint density at radius 1 is 1.29 bits per heavy atom. The molecular formula is C14H28N2O. The zero-order valence-corrected chi connectivity index (χ0v) is 11.4. The smallest absolute Gasteiger partial charge is 0.223 e. The number of amides is 1. The summed E-state index contributed by atoms with van der Waals surface area (Å²) in [6.45, 7) is 5.22. The van der Waals surface area contributed by atoms with Gasteiger partial charge in [0.25, 0.3) is 0 Å². The van der Waals surface area contributed by atoms with Crippen molar-refractivity contribution in [3.8, 4) is 0 Å². The standard InChI is InChI=1S/C14H28N2O/c1-3-4-5-6-9-16-14(17)12-8-7-11(2)13(15)10-12/h11-13H,3-10,15H2,1-2H3,(H,16,17). The van der Waals surface area contributed by atoms with Gasteiger partial charge in [0.15, 0.2) is 0 Å². The third-order valence-corrected chi connectivity index (χ3v) is 3.96. The van der Waals surface area contributed by atoms with E-state index in [1.807, 2.05) is 0 Å². The third kappa shape index (κ3) is 5.07. The first kappa shape index (κ1) is 14.5. The van der Waals surface area contributed by atoms with Crippen molar-refractivity contribution in [1.82, 2.24) is 5.32 Å². The molecule has 1 rings (SSSR count). The number of nitrogens with one attached hydrogen (secondary N) is 1. The van der Waals surface area contributed by atoms with Crippen molar-refractivity contribution in [2.24, 2.45) is 17.6 Å². The fourth-order valence-electron chi connectivity index (χ4n) is 2.50. The molecule has 1 saturated carbocycles. The molecule has 3 nitrogen and oxygen atoms in total.